The SMILES string of the molecule is CCC1CC(CN)Cc2c1ccc1ccccc21. The Bertz CT molecular complexity index is 559. The molecule has 0 saturated heterocycles. The molecule has 0 spiro atoms. The first-order valence-electron chi connectivity index (χ1n) is 7.04. The Kier molecular flexibility index (Phi) is 3.09. The van der Waals surface area contributed by atoms with Crippen molar-refractivity contribution in [2.45, 2.75) is 32.1 Å². The van der Waals surface area contributed by atoms with Crippen molar-refractivity contribution in [2.24, 2.45) is 11.7 Å². The van der Waals surface area contributed by atoms with E-state index < -0.39 is 0 Å². The summed E-state index contributed by atoms with van der Waals surface area (Å²) in [5.74, 6) is 1.36. The lowest BCUT2D eigenvalue weighted by Crippen LogP contribution is -2.25. The summed E-state index contributed by atoms with van der Waals surface area (Å²) in [5, 5.41) is 2.80. The minimum atomic E-state index is 0.660. The van der Waals surface area contributed by atoms with Crippen LogP contribution in [0.1, 0.15) is 36.8 Å². The van der Waals surface area contributed by atoms with Gasteiger partial charge in [-0.3, -0.25) is 0 Å². The first-order chi connectivity index (χ1) is 8.83. The number of hydrogen-bond donors (Lipinski definition) is 1. The Balaban J connectivity index is 2.19. The van der Waals surface area contributed by atoms with Crippen molar-refractivity contribution < 1.29 is 0 Å². The van der Waals surface area contributed by atoms with Gasteiger partial charge >= 0.3 is 0 Å². The van der Waals surface area contributed by atoms with Crippen molar-refractivity contribution in [3.8, 4) is 0 Å². The molecule has 0 saturated carbocycles. The molecule has 1 nitrogen and oxygen atoms in total. The van der Waals surface area contributed by atoms with Crippen LogP contribution in [-0.2, 0) is 6.42 Å². The third-order valence-corrected chi connectivity index (χ3v) is 4.45. The highest BCUT2D eigenvalue weighted by atomic mass is 14.6. The van der Waals surface area contributed by atoms with E-state index in [0.29, 0.717) is 11.8 Å². The predicted molar refractivity (Wildman–Crippen MR) is 77.8 cm³/mol. The van der Waals surface area contributed by atoms with Crippen LogP contribution in [0.15, 0.2) is 36.4 Å². The van der Waals surface area contributed by atoms with Gasteiger partial charge in [0.15, 0.2) is 0 Å². The van der Waals surface area contributed by atoms with E-state index in [-0.39, 0.29) is 0 Å². The maximum atomic E-state index is 5.92. The molecule has 0 fully saturated rings. The summed E-state index contributed by atoms with van der Waals surface area (Å²) < 4.78 is 0. The summed E-state index contributed by atoms with van der Waals surface area (Å²) in [7, 11) is 0. The standard InChI is InChI=1S/C17H21N/c1-2-13-9-12(11-18)10-17-15-6-4-3-5-14(15)7-8-16(13)17/h3-8,12-13H,2,9-11,18H2,1H3. The Morgan fingerprint density at radius 2 is 2.00 bits per heavy atom. The van der Waals surface area contributed by atoms with Gasteiger partial charge < -0.3 is 5.73 Å². The molecule has 0 heterocycles. The van der Waals surface area contributed by atoms with Gasteiger partial charge in [-0.15, -0.1) is 0 Å². The molecule has 2 aromatic carbocycles. The zero-order valence-corrected chi connectivity index (χ0v) is 11.0. The van der Waals surface area contributed by atoms with E-state index in [0.717, 1.165) is 13.0 Å². The molecule has 0 aliphatic heterocycles. The number of hydrogen-bond acceptors (Lipinski definition) is 1. The Hall–Kier alpha value is -1.34. The quantitative estimate of drug-likeness (QED) is 0.846. The lowest BCUT2D eigenvalue weighted by Gasteiger charge is -2.31. The number of fused-ring (bicyclic) bond motifs is 3. The Morgan fingerprint density at radius 3 is 2.78 bits per heavy atom. The largest absolute Gasteiger partial charge is 0.330 e. The monoisotopic (exact) mass is 239 g/mol. The van der Waals surface area contributed by atoms with Crippen molar-refractivity contribution >= 4 is 10.8 Å². The van der Waals surface area contributed by atoms with Crippen LogP contribution < -0.4 is 5.73 Å². The average Bonchev–Trinajstić information content (AvgIpc) is 2.45. The lowest BCUT2D eigenvalue weighted by molar-refractivity contribution is 0.405. The van der Waals surface area contributed by atoms with Crippen LogP contribution >= 0.6 is 0 Å². The minimum Gasteiger partial charge on any atom is -0.330 e. The fourth-order valence-corrected chi connectivity index (χ4v) is 3.43. The van der Waals surface area contributed by atoms with Gasteiger partial charge in [-0.2, -0.15) is 0 Å². The molecule has 0 bridgehead atoms. The van der Waals surface area contributed by atoms with Gasteiger partial charge in [-0.25, -0.2) is 0 Å². The van der Waals surface area contributed by atoms with Crippen LogP contribution in [0.25, 0.3) is 10.8 Å². The van der Waals surface area contributed by atoms with Crippen molar-refractivity contribution in [3.63, 3.8) is 0 Å². The van der Waals surface area contributed by atoms with E-state index >= 15 is 0 Å². The molecule has 2 aromatic rings. The molecule has 3 rings (SSSR count). The second kappa shape index (κ2) is 4.74. The number of nitrogens with two attached hydrogens (primary N) is 1. The van der Waals surface area contributed by atoms with Crippen LogP contribution in [-0.4, -0.2) is 6.54 Å². The molecule has 0 aromatic heterocycles. The summed E-state index contributed by atoms with van der Waals surface area (Å²) in [6.45, 7) is 3.11. The van der Waals surface area contributed by atoms with Crippen LogP contribution in [0.3, 0.4) is 0 Å². The number of benzene rings is 2. The van der Waals surface area contributed by atoms with Gasteiger partial charge in [0.2, 0.25) is 0 Å². The van der Waals surface area contributed by atoms with Crippen LogP contribution in [0, 0.1) is 5.92 Å². The molecule has 2 unspecified atom stereocenters. The first-order valence-corrected chi connectivity index (χ1v) is 7.04. The van der Waals surface area contributed by atoms with E-state index in [2.05, 4.69) is 43.3 Å². The smallest absolute Gasteiger partial charge is 0.00455 e. The van der Waals surface area contributed by atoms with Gasteiger partial charge in [0.1, 0.15) is 0 Å². The summed E-state index contributed by atoms with van der Waals surface area (Å²) in [5.41, 5.74) is 9.05. The normalized spacial score (nSPS) is 23.0. The molecule has 2 N–H and O–H groups in total. The van der Waals surface area contributed by atoms with Crippen LogP contribution in [0.4, 0.5) is 0 Å². The Morgan fingerprint density at radius 1 is 1.17 bits per heavy atom. The highest BCUT2D eigenvalue weighted by Gasteiger charge is 2.26. The van der Waals surface area contributed by atoms with Crippen molar-refractivity contribution in [1.29, 1.82) is 0 Å². The third-order valence-electron chi connectivity index (χ3n) is 4.45. The molecule has 1 aliphatic rings. The molecule has 1 heteroatoms. The van der Waals surface area contributed by atoms with Gasteiger partial charge in [0, 0.05) is 0 Å². The lowest BCUT2D eigenvalue weighted by atomic mass is 9.74. The molecule has 2 atom stereocenters. The predicted octanol–water partition coefficient (Wildman–Crippen LogP) is 3.85. The van der Waals surface area contributed by atoms with E-state index in [9.17, 15) is 0 Å². The molecule has 0 radical (unpaired) electrons. The molecule has 0 amide bonds. The Labute approximate surface area is 109 Å². The zero-order valence-electron chi connectivity index (χ0n) is 11.0. The first kappa shape index (κ1) is 11.7. The van der Waals surface area contributed by atoms with Crippen LogP contribution in [0.2, 0.25) is 0 Å². The maximum Gasteiger partial charge on any atom is -0.00455 e. The third kappa shape index (κ3) is 1.83. The molecular formula is C17H21N. The van der Waals surface area contributed by atoms with Gasteiger partial charge in [0.05, 0.1) is 0 Å². The minimum absolute atomic E-state index is 0.660. The molecule has 18 heavy (non-hydrogen) atoms. The topological polar surface area (TPSA) is 26.0 Å². The van der Waals surface area contributed by atoms with Gasteiger partial charge in [-0.05, 0) is 59.5 Å². The number of rotatable bonds is 2. The van der Waals surface area contributed by atoms with Gasteiger partial charge in [-0.1, -0.05) is 43.3 Å². The molecular weight excluding hydrogens is 218 g/mol. The highest BCUT2D eigenvalue weighted by molar-refractivity contribution is 5.87. The fraction of sp³-hybridized carbons (Fsp3) is 0.412. The average molecular weight is 239 g/mol. The van der Waals surface area contributed by atoms with E-state index in [1.807, 2.05) is 0 Å². The van der Waals surface area contributed by atoms with Crippen molar-refractivity contribution in [2.75, 3.05) is 6.54 Å². The van der Waals surface area contributed by atoms with Crippen LogP contribution in [0.5, 0.6) is 0 Å². The second-order valence-electron chi connectivity index (χ2n) is 5.50. The van der Waals surface area contributed by atoms with E-state index in [4.69, 9.17) is 5.73 Å². The summed E-state index contributed by atoms with van der Waals surface area (Å²) in [6, 6.07) is 13.4. The summed E-state index contributed by atoms with van der Waals surface area (Å²) in [4.78, 5) is 0. The highest BCUT2D eigenvalue weighted by Crippen LogP contribution is 2.39. The van der Waals surface area contributed by atoms with Crippen molar-refractivity contribution in [1.82, 2.24) is 0 Å². The van der Waals surface area contributed by atoms with E-state index in [1.54, 1.807) is 11.1 Å². The molecule has 1 aliphatic carbocycles. The van der Waals surface area contributed by atoms with E-state index in [1.165, 1.54) is 23.6 Å². The second-order valence-corrected chi connectivity index (χ2v) is 5.50. The maximum absolute atomic E-state index is 5.92. The van der Waals surface area contributed by atoms with Gasteiger partial charge in [0.25, 0.3) is 0 Å². The summed E-state index contributed by atoms with van der Waals surface area (Å²) in [6.07, 6.45) is 3.64. The zero-order chi connectivity index (χ0) is 12.5. The summed E-state index contributed by atoms with van der Waals surface area (Å²) >= 11 is 0. The molecule has 94 valence electrons. The fourth-order valence-electron chi connectivity index (χ4n) is 3.43. The van der Waals surface area contributed by atoms with Crippen molar-refractivity contribution in [3.05, 3.63) is 47.5 Å².